The van der Waals surface area contributed by atoms with Gasteiger partial charge in [0.2, 0.25) is 0 Å². The van der Waals surface area contributed by atoms with E-state index in [0.29, 0.717) is 29.1 Å². The van der Waals surface area contributed by atoms with Gasteiger partial charge in [-0.1, -0.05) is 11.6 Å². The van der Waals surface area contributed by atoms with Gasteiger partial charge in [0.15, 0.2) is 0 Å². The molecule has 8 nitrogen and oxygen atoms in total. The fraction of sp³-hybridized carbons (Fsp3) is 0.227. The lowest BCUT2D eigenvalue weighted by Crippen LogP contribution is -2.36. The first-order valence-electron chi connectivity index (χ1n) is 9.82. The van der Waals surface area contributed by atoms with E-state index in [1.807, 2.05) is 26.8 Å². The van der Waals surface area contributed by atoms with Crippen LogP contribution < -0.4 is 5.32 Å². The molecule has 0 bridgehead atoms. The van der Waals surface area contributed by atoms with Gasteiger partial charge >= 0.3 is 0 Å². The average molecular weight is 452 g/mol. The Morgan fingerprint density at radius 1 is 1.31 bits per heavy atom. The molecule has 162 valence electrons. The van der Waals surface area contributed by atoms with Gasteiger partial charge in [0.1, 0.15) is 34.6 Å². The van der Waals surface area contributed by atoms with Crippen molar-refractivity contribution < 1.29 is 9.18 Å². The number of halogens is 2. The Morgan fingerprint density at radius 2 is 2.09 bits per heavy atom. The summed E-state index contributed by atoms with van der Waals surface area (Å²) in [7, 11) is 0. The predicted octanol–water partition coefficient (Wildman–Crippen LogP) is 3.69. The molecule has 3 aromatic heterocycles. The van der Waals surface area contributed by atoms with E-state index in [9.17, 15) is 9.18 Å². The Labute approximate surface area is 188 Å². The number of hydrogen-bond donors (Lipinski definition) is 1. The first-order valence-corrected chi connectivity index (χ1v) is 10.2. The minimum absolute atomic E-state index is 0.0331. The molecule has 1 atom stereocenters. The van der Waals surface area contributed by atoms with Gasteiger partial charge in [0, 0.05) is 35.8 Å². The number of rotatable bonds is 5. The summed E-state index contributed by atoms with van der Waals surface area (Å²) in [6, 6.07) is 7.75. The van der Waals surface area contributed by atoms with Gasteiger partial charge in [0.05, 0.1) is 17.3 Å². The average Bonchev–Trinajstić information content (AvgIpc) is 3.35. The van der Waals surface area contributed by atoms with Crippen molar-refractivity contribution in [1.29, 1.82) is 5.26 Å². The number of nitriles is 1. The standard InChI is InChI=1S/C22H19ClFN7O/c1-12-6-21-28-20(11-31(21)14(3)26-12)22(32)27-13(2)10-30-5-4-19(29-30)15-7-17(23)16(9-25)18(24)8-15/h4-8,11,13H,10H2,1-3H3,(H,27,32)/t13-/m0/s1. The molecule has 1 N–H and O–H groups in total. The van der Waals surface area contributed by atoms with Gasteiger partial charge in [-0.15, -0.1) is 0 Å². The molecular formula is C22H19ClFN7O. The van der Waals surface area contributed by atoms with Crippen molar-refractivity contribution in [3.05, 3.63) is 70.3 Å². The van der Waals surface area contributed by atoms with Crippen LogP contribution in [0.3, 0.4) is 0 Å². The lowest BCUT2D eigenvalue weighted by molar-refractivity contribution is 0.0931. The number of amides is 1. The zero-order valence-electron chi connectivity index (χ0n) is 17.6. The summed E-state index contributed by atoms with van der Waals surface area (Å²) in [5, 5.41) is 16.3. The van der Waals surface area contributed by atoms with Crippen molar-refractivity contribution in [3.8, 4) is 17.3 Å². The monoisotopic (exact) mass is 451 g/mol. The second-order valence-electron chi connectivity index (χ2n) is 7.52. The Bertz CT molecular complexity index is 1360. The van der Waals surface area contributed by atoms with Gasteiger partial charge in [-0.05, 0) is 39.0 Å². The molecule has 4 aromatic rings. The Kier molecular flexibility index (Phi) is 5.63. The second kappa shape index (κ2) is 8.40. The third-order valence-corrected chi connectivity index (χ3v) is 5.22. The van der Waals surface area contributed by atoms with Crippen LogP contribution >= 0.6 is 11.6 Å². The highest BCUT2D eigenvalue weighted by Crippen LogP contribution is 2.26. The zero-order chi connectivity index (χ0) is 23.0. The molecule has 0 saturated heterocycles. The summed E-state index contributed by atoms with van der Waals surface area (Å²) in [5.41, 5.74) is 2.57. The molecule has 0 aliphatic rings. The number of aryl methyl sites for hydroxylation is 2. The van der Waals surface area contributed by atoms with Crippen LogP contribution in [-0.2, 0) is 6.54 Å². The Hall–Kier alpha value is -3.77. The molecule has 4 rings (SSSR count). The van der Waals surface area contributed by atoms with Crippen LogP contribution in [0.4, 0.5) is 4.39 Å². The number of carbonyl (C=O) groups excluding carboxylic acids is 1. The zero-order valence-corrected chi connectivity index (χ0v) is 18.4. The van der Waals surface area contributed by atoms with Gasteiger partial charge in [-0.2, -0.15) is 10.4 Å². The summed E-state index contributed by atoms with van der Waals surface area (Å²) in [6.07, 6.45) is 3.39. The second-order valence-corrected chi connectivity index (χ2v) is 7.93. The maximum Gasteiger partial charge on any atom is 0.271 e. The van der Waals surface area contributed by atoms with Crippen molar-refractivity contribution >= 4 is 23.2 Å². The highest BCUT2D eigenvalue weighted by Gasteiger charge is 2.16. The maximum atomic E-state index is 14.0. The predicted molar refractivity (Wildman–Crippen MR) is 117 cm³/mol. The van der Waals surface area contributed by atoms with Gasteiger partial charge < -0.3 is 5.32 Å². The Balaban J connectivity index is 1.46. The number of nitrogens with zero attached hydrogens (tertiary/aromatic N) is 6. The maximum absolute atomic E-state index is 14.0. The highest BCUT2D eigenvalue weighted by atomic mass is 35.5. The van der Waals surface area contributed by atoms with E-state index in [2.05, 4.69) is 20.4 Å². The van der Waals surface area contributed by atoms with Crippen LogP contribution in [0.2, 0.25) is 5.02 Å². The first kappa shape index (κ1) is 21.5. The molecule has 0 aliphatic carbocycles. The molecule has 0 aliphatic heterocycles. The van der Waals surface area contributed by atoms with Crippen molar-refractivity contribution in [2.45, 2.75) is 33.4 Å². The topological polar surface area (TPSA) is 101 Å². The van der Waals surface area contributed by atoms with Crippen LogP contribution in [0.15, 0.2) is 36.7 Å². The lowest BCUT2D eigenvalue weighted by Gasteiger charge is -2.13. The van der Waals surface area contributed by atoms with E-state index >= 15 is 0 Å². The molecule has 1 amide bonds. The molecule has 1 aromatic carbocycles. The van der Waals surface area contributed by atoms with Crippen molar-refractivity contribution in [1.82, 2.24) is 29.5 Å². The lowest BCUT2D eigenvalue weighted by atomic mass is 10.1. The summed E-state index contributed by atoms with van der Waals surface area (Å²) >= 11 is 5.98. The number of carbonyl (C=O) groups is 1. The fourth-order valence-corrected chi connectivity index (χ4v) is 3.71. The number of fused-ring (bicyclic) bond motifs is 1. The molecule has 10 heteroatoms. The van der Waals surface area contributed by atoms with E-state index in [1.165, 1.54) is 12.1 Å². The highest BCUT2D eigenvalue weighted by molar-refractivity contribution is 6.32. The summed E-state index contributed by atoms with van der Waals surface area (Å²) in [5.74, 6) is -0.243. The van der Waals surface area contributed by atoms with Crippen molar-refractivity contribution in [2.24, 2.45) is 0 Å². The van der Waals surface area contributed by atoms with Crippen molar-refractivity contribution in [3.63, 3.8) is 0 Å². The van der Waals surface area contributed by atoms with Gasteiger partial charge in [-0.3, -0.25) is 13.9 Å². The number of imidazole rings is 1. The molecule has 0 radical (unpaired) electrons. The first-order chi connectivity index (χ1) is 15.2. The summed E-state index contributed by atoms with van der Waals surface area (Å²) < 4.78 is 17.5. The van der Waals surface area contributed by atoms with Crippen molar-refractivity contribution in [2.75, 3.05) is 0 Å². The van der Waals surface area contributed by atoms with Gasteiger partial charge in [0.25, 0.3) is 5.91 Å². The van der Waals surface area contributed by atoms with E-state index in [4.69, 9.17) is 16.9 Å². The van der Waals surface area contributed by atoms with Crippen LogP contribution in [0.5, 0.6) is 0 Å². The molecule has 3 heterocycles. The van der Waals surface area contributed by atoms with Crippen LogP contribution in [-0.4, -0.2) is 36.1 Å². The van der Waals surface area contributed by atoms with E-state index in [0.717, 1.165) is 11.5 Å². The molecule has 32 heavy (non-hydrogen) atoms. The van der Waals surface area contributed by atoms with Crippen LogP contribution in [0.1, 0.15) is 34.5 Å². The van der Waals surface area contributed by atoms with E-state index in [-0.39, 0.29) is 22.5 Å². The largest absolute Gasteiger partial charge is 0.346 e. The molecule has 0 fully saturated rings. The number of hydrogen-bond acceptors (Lipinski definition) is 5. The quantitative estimate of drug-likeness (QED) is 0.498. The number of aromatic nitrogens is 5. The summed E-state index contributed by atoms with van der Waals surface area (Å²) in [4.78, 5) is 21.4. The minimum Gasteiger partial charge on any atom is -0.346 e. The molecule has 0 spiro atoms. The van der Waals surface area contributed by atoms with Gasteiger partial charge in [-0.25, -0.2) is 14.4 Å². The Morgan fingerprint density at radius 3 is 2.81 bits per heavy atom. The number of nitrogens with one attached hydrogen (secondary N) is 1. The van der Waals surface area contributed by atoms with Crippen LogP contribution in [0.25, 0.3) is 16.9 Å². The smallest absolute Gasteiger partial charge is 0.271 e. The third kappa shape index (κ3) is 4.18. The molecular weight excluding hydrogens is 433 g/mol. The normalized spacial score (nSPS) is 12.0. The summed E-state index contributed by atoms with van der Waals surface area (Å²) in [6.45, 7) is 5.98. The van der Waals surface area contributed by atoms with E-state index < -0.39 is 5.82 Å². The van der Waals surface area contributed by atoms with Crippen LogP contribution in [0, 0.1) is 31.0 Å². The molecule has 0 saturated carbocycles. The number of benzene rings is 1. The fourth-order valence-electron chi connectivity index (χ4n) is 3.46. The SMILES string of the molecule is Cc1cc2nc(C(=O)N[C@@H](C)Cn3ccc(-c4cc(F)c(C#N)c(Cl)c4)n3)cn2c(C)n1. The molecule has 0 unspecified atom stereocenters. The minimum atomic E-state index is -0.696. The van der Waals surface area contributed by atoms with E-state index in [1.54, 1.807) is 33.6 Å². The third-order valence-electron chi connectivity index (χ3n) is 4.92.